The SMILES string of the molecule is CN1CC(c2ccccc2)N(C)C1(c1ccccc1)c1cccnc1. The zero-order chi connectivity index (χ0) is 17.3. The summed E-state index contributed by atoms with van der Waals surface area (Å²) >= 11 is 0. The molecule has 2 aromatic carbocycles. The highest BCUT2D eigenvalue weighted by atomic mass is 15.5. The third kappa shape index (κ3) is 2.48. The molecule has 0 aliphatic carbocycles. The highest BCUT2D eigenvalue weighted by Crippen LogP contribution is 2.47. The van der Waals surface area contributed by atoms with Crippen molar-refractivity contribution >= 4 is 0 Å². The minimum atomic E-state index is -0.323. The fourth-order valence-electron chi connectivity index (χ4n) is 4.27. The van der Waals surface area contributed by atoms with Crippen molar-refractivity contribution in [3.63, 3.8) is 0 Å². The van der Waals surface area contributed by atoms with Crippen molar-refractivity contribution in [3.05, 3.63) is 102 Å². The van der Waals surface area contributed by atoms with Crippen LogP contribution < -0.4 is 0 Å². The number of hydrogen-bond donors (Lipinski definition) is 0. The molecule has 3 heteroatoms. The Hall–Kier alpha value is -2.49. The van der Waals surface area contributed by atoms with Gasteiger partial charge < -0.3 is 0 Å². The van der Waals surface area contributed by atoms with Gasteiger partial charge in [-0.15, -0.1) is 0 Å². The standard InChI is InChI=1S/C22H23N3/c1-24-17-21(18-10-5-3-6-11-18)25(2)22(24,19-12-7-4-8-13-19)20-14-9-15-23-16-20/h3-16,21H,17H2,1-2H3. The molecular weight excluding hydrogens is 306 g/mol. The molecule has 2 atom stereocenters. The number of benzene rings is 2. The highest BCUT2D eigenvalue weighted by Gasteiger charge is 2.51. The van der Waals surface area contributed by atoms with Crippen LogP contribution in [0.2, 0.25) is 0 Å². The van der Waals surface area contributed by atoms with Crippen LogP contribution in [-0.4, -0.2) is 35.4 Å². The Morgan fingerprint density at radius 2 is 1.48 bits per heavy atom. The third-order valence-corrected chi connectivity index (χ3v) is 5.40. The quantitative estimate of drug-likeness (QED) is 0.726. The van der Waals surface area contributed by atoms with Gasteiger partial charge in [-0.2, -0.15) is 0 Å². The van der Waals surface area contributed by atoms with Crippen molar-refractivity contribution in [1.29, 1.82) is 0 Å². The predicted molar refractivity (Wildman–Crippen MR) is 101 cm³/mol. The van der Waals surface area contributed by atoms with Crippen LogP contribution in [0.3, 0.4) is 0 Å². The summed E-state index contributed by atoms with van der Waals surface area (Å²) in [6, 6.07) is 26.0. The van der Waals surface area contributed by atoms with Gasteiger partial charge in [-0.1, -0.05) is 66.7 Å². The fraction of sp³-hybridized carbons (Fsp3) is 0.227. The molecular formula is C22H23N3. The van der Waals surface area contributed by atoms with Crippen molar-refractivity contribution in [1.82, 2.24) is 14.8 Å². The zero-order valence-electron chi connectivity index (χ0n) is 14.7. The summed E-state index contributed by atoms with van der Waals surface area (Å²) in [5, 5.41) is 0. The minimum Gasteiger partial charge on any atom is -0.279 e. The smallest absolute Gasteiger partial charge is 0.128 e. The van der Waals surface area contributed by atoms with Crippen LogP contribution in [0, 0.1) is 0 Å². The van der Waals surface area contributed by atoms with E-state index >= 15 is 0 Å². The number of nitrogens with zero attached hydrogens (tertiary/aromatic N) is 3. The Morgan fingerprint density at radius 1 is 0.840 bits per heavy atom. The monoisotopic (exact) mass is 329 g/mol. The van der Waals surface area contributed by atoms with Gasteiger partial charge in [-0.05, 0) is 31.3 Å². The van der Waals surface area contributed by atoms with Crippen LogP contribution in [0.4, 0.5) is 0 Å². The lowest BCUT2D eigenvalue weighted by Gasteiger charge is -2.42. The first-order valence-electron chi connectivity index (χ1n) is 8.69. The molecule has 2 heterocycles. The van der Waals surface area contributed by atoms with E-state index in [1.807, 2.05) is 18.5 Å². The first-order chi connectivity index (χ1) is 12.2. The fourth-order valence-corrected chi connectivity index (χ4v) is 4.27. The summed E-state index contributed by atoms with van der Waals surface area (Å²) in [5.41, 5.74) is 3.49. The molecule has 0 radical (unpaired) electrons. The van der Waals surface area contributed by atoms with E-state index in [-0.39, 0.29) is 5.66 Å². The topological polar surface area (TPSA) is 19.4 Å². The highest BCUT2D eigenvalue weighted by molar-refractivity contribution is 5.39. The average Bonchev–Trinajstić information content (AvgIpc) is 2.95. The van der Waals surface area contributed by atoms with Crippen molar-refractivity contribution in [2.45, 2.75) is 11.7 Å². The summed E-state index contributed by atoms with van der Waals surface area (Å²) in [6.45, 7) is 0.963. The van der Waals surface area contributed by atoms with Crippen LogP contribution in [0.5, 0.6) is 0 Å². The molecule has 0 amide bonds. The molecule has 1 aliphatic rings. The summed E-state index contributed by atoms with van der Waals surface area (Å²) in [7, 11) is 4.43. The Morgan fingerprint density at radius 3 is 2.12 bits per heavy atom. The molecule has 3 nitrogen and oxygen atoms in total. The normalized spacial score (nSPS) is 24.5. The maximum absolute atomic E-state index is 4.41. The zero-order valence-corrected chi connectivity index (χ0v) is 14.7. The number of hydrogen-bond acceptors (Lipinski definition) is 3. The van der Waals surface area contributed by atoms with E-state index < -0.39 is 0 Å². The minimum absolute atomic E-state index is 0.323. The number of aromatic nitrogens is 1. The van der Waals surface area contributed by atoms with Gasteiger partial charge in [0.15, 0.2) is 0 Å². The van der Waals surface area contributed by atoms with E-state index in [1.54, 1.807) is 0 Å². The van der Waals surface area contributed by atoms with E-state index in [4.69, 9.17) is 0 Å². The van der Waals surface area contributed by atoms with E-state index in [0.29, 0.717) is 6.04 Å². The Bertz CT molecular complexity index is 778. The lowest BCUT2D eigenvalue weighted by atomic mass is 9.90. The molecule has 25 heavy (non-hydrogen) atoms. The Balaban J connectivity index is 1.90. The Labute approximate surface area is 149 Å². The van der Waals surface area contributed by atoms with Crippen molar-refractivity contribution in [2.24, 2.45) is 0 Å². The van der Waals surface area contributed by atoms with Crippen LogP contribution in [0.25, 0.3) is 0 Å². The molecule has 2 unspecified atom stereocenters. The molecule has 1 saturated heterocycles. The molecule has 4 rings (SSSR count). The van der Waals surface area contributed by atoms with E-state index in [0.717, 1.165) is 6.54 Å². The third-order valence-electron chi connectivity index (χ3n) is 5.40. The summed E-state index contributed by atoms with van der Waals surface area (Å²) in [4.78, 5) is 9.34. The molecule has 0 spiro atoms. The molecule has 0 N–H and O–H groups in total. The van der Waals surface area contributed by atoms with Gasteiger partial charge in [0.2, 0.25) is 0 Å². The molecule has 1 fully saturated rings. The predicted octanol–water partition coefficient (Wildman–Crippen LogP) is 3.90. The van der Waals surface area contributed by atoms with Gasteiger partial charge in [0.05, 0.1) is 0 Å². The average molecular weight is 329 g/mol. The van der Waals surface area contributed by atoms with Crippen LogP contribution in [0.15, 0.2) is 85.2 Å². The van der Waals surface area contributed by atoms with Gasteiger partial charge >= 0.3 is 0 Å². The van der Waals surface area contributed by atoms with E-state index in [2.05, 4.69) is 95.6 Å². The first-order valence-corrected chi connectivity index (χ1v) is 8.69. The number of likely N-dealkylation sites (N-methyl/N-ethyl adjacent to an activating group) is 2. The second-order valence-electron chi connectivity index (χ2n) is 6.70. The lowest BCUT2D eigenvalue weighted by molar-refractivity contribution is 0.0758. The Kier molecular flexibility index (Phi) is 4.12. The second-order valence-corrected chi connectivity index (χ2v) is 6.70. The molecule has 1 aliphatic heterocycles. The van der Waals surface area contributed by atoms with Gasteiger partial charge in [0, 0.05) is 30.5 Å². The maximum atomic E-state index is 4.41. The van der Waals surface area contributed by atoms with Gasteiger partial charge in [-0.25, -0.2) is 0 Å². The van der Waals surface area contributed by atoms with Crippen LogP contribution in [0.1, 0.15) is 22.7 Å². The molecule has 1 aromatic heterocycles. The summed E-state index contributed by atoms with van der Waals surface area (Å²) < 4.78 is 0. The van der Waals surface area contributed by atoms with E-state index in [9.17, 15) is 0 Å². The molecule has 0 bridgehead atoms. The van der Waals surface area contributed by atoms with Crippen molar-refractivity contribution < 1.29 is 0 Å². The van der Waals surface area contributed by atoms with Gasteiger partial charge in [-0.3, -0.25) is 14.8 Å². The van der Waals surface area contributed by atoms with Crippen molar-refractivity contribution in [2.75, 3.05) is 20.6 Å². The van der Waals surface area contributed by atoms with E-state index in [1.165, 1.54) is 16.7 Å². The van der Waals surface area contributed by atoms with Gasteiger partial charge in [0.25, 0.3) is 0 Å². The molecule has 3 aromatic rings. The summed E-state index contributed by atoms with van der Waals surface area (Å²) in [6.07, 6.45) is 3.83. The maximum Gasteiger partial charge on any atom is 0.128 e. The van der Waals surface area contributed by atoms with Crippen molar-refractivity contribution in [3.8, 4) is 0 Å². The first kappa shape index (κ1) is 16.0. The molecule has 126 valence electrons. The number of rotatable bonds is 3. The van der Waals surface area contributed by atoms with Crippen LogP contribution in [-0.2, 0) is 5.66 Å². The molecule has 0 saturated carbocycles. The van der Waals surface area contributed by atoms with Crippen LogP contribution >= 0.6 is 0 Å². The summed E-state index contributed by atoms with van der Waals surface area (Å²) in [5.74, 6) is 0. The number of pyridine rings is 1. The van der Waals surface area contributed by atoms with Gasteiger partial charge in [0.1, 0.15) is 5.66 Å². The second kappa shape index (κ2) is 6.43. The lowest BCUT2D eigenvalue weighted by Crippen LogP contribution is -2.49. The largest absolute Gasteiger partial charge is 0.279 e.